The number of carboxylic acid groups (broad SMARTS) is 3. The van der Waals surface area contributed by atoms with Crippen molar-refractivity contribution in [2.24, 2.45) is 35.1 Å². The van der Waals surface area contributed by atoms with Crippen LogP contribution in [0.25, 0.3) is 0 Å². The van der Waals surface area contributed by atoms with Crippen molar-refractivity contribution in [1.29, 1.82) is 0 Å². The van der Waals surface area contributed by atoms with Crippen LogP contribution in [-0.4, -0.2) is 308 Å². The van der Waals surface area contributed by atoms with E-state index in [9.17, 15) is 126 Å². The number of aliphatic hydroxyl groups is 2. The van der Waals surface area contributed by atoms with Gasteiger partial charge in [0, 0.05) is 24.1 Å². The number of aromatic nitrogens is 2. The maximum Gasteiger partial charge on any atom is 0.327 e. The second kappa shape index (κ2) is 55.1. The Morgan fingerprint density at radius 2 is 0.636 bits per heavy atom. The van der Waals surface area contributed by atoms with Crippen molar-refractivity contribution in [2.75, 3.05) is 57.4 Å². The summed E-state index contributed by atoms with van der Waals surface area (Å²) >= 11 is 7.81. The van der Waals surface area contributed by atoms with E-state index in [0.29, 0.717) is 0 Å². The highest BCUT2D eigenvalue weighted by Crippen LogP contribution is 2.13. The highest BCUT2D eigenvalue weighted by Gasteiger charge is 2.38. The monoisotopic (exact) mass is 1760 g/mol. The van der Waals surface area contributed by atoms with Crippen LogP contribution >= 0.6 is 25.3 Å². The van der Waals surface area contributed by atoms with Crippen LogP contribution in [0.5, 0.6) is 0 Å². The molecule has 678 valence electrons. The molecule has 1 heterocycles. The molecule has 0 aliphatic carbocycles. The number of nitrogens with one attached hydrogen (secondary N) is 19. The fraction of sp³-hybridized carbons (Fsp3) is 0.643. The predicted octanol–water partition coefficient (Wildman–Crippen LogP) is -11.9. The molecular weight excluding hydrogens is 1650 g/mol. The van der Waals surface area contributed by atoms with Crippen LogP contribution in [0.1, 0.15) is 120 Å². The van der Waals surface area contributed by atoms with Gasteiger partial charge in [0.25, 0.3) is 0 Å². The summed E-state index contributed by atoms with van der Waals surface area (Å²) in [5, 5.41) is 89.7. The molecule has 0 spiro atoms. The molecular formula is C70H114N22O27S2. The number of primary amides is 1. The summed E-state index contributed by atoms with van der Waals surface area (Å²) in [5.41, 5.74) is 10.7. The maximum atomic E-state index is 14.0. The number of hydrogen-bond acceptors (Lipinski definition) is 28. The number of aliphatic hydroxyl groups excluding tert-OH is 2. The number of hydrogen-bond donors (Lipinski definition) is 28. The first kappa shape index (κ1) is 107. The number of rotatable bonds is 57. The Balaban J connectivity index is 3.17. The van der Waals surface area contributed by atoms with E-state index in [4.69, 9.17) is 16.6 Å². The van der Waals surface area contributed by atoms with Gasteiger partial charge in [-0.3, -0.25) is 101 Å². The Morgan fingerprint density at radius 1 is 0.347 bits per heavy atom. The molecule has 0 fully saturated rings. The van der Waals surface area contributed by atoms with Crippen molar-refractivity contribution in [3.05, 3.63) is 18.2 Å². The fourth-order valence-corrected chi connectivity index (χ4v) is 11.2. The third-order valence-corrected chi connectivity index (χ3v) is 17.5. The van der Waals surface area contributed by atoms with E-state index in [1.165, 1.54) is 19.4 Å². The average Bonchev–Trinajstić information content (AvgIpc) is 1.84. The van der Waals surface area contributed by atoms with Gasteiger partial charge < -0.3 is 138 Å². The molecule has 1 aromatic heterocycles. The molecule has 121 heavy (non-hydrogen) atoms. The number of nitrogens with zero attached hydrogens (tertiary/aromatic N) is 1. The molecule has 0 aromatic carbocycles. The van der Waals surface area contributed by atoms with E-state index in [1.54, 1.807) is 55.4 Å². The Hall–Kier alpha value is -11.9. The summed E-state index contributed by atoms with van der Waals surface area (Å²) in [6.07, 6.45) is -1.16. The van der Waals surface area contributed by atoms with Gasteiger partial charge in [-0.25, -0.2) is 9.78 Å². The molecule has 0 saturated carbocycles. The molecule has 0 bridgehead atoms. The number of aliphatic carboxylic acids is 3. The Kier molecular flexibility index (Phi) is 48.8. The van der Waals surface area contributed by atoms with E-state index in [-0.39, 0.29) is 66.6 Å². The summed E-state index contributed by atoms with van der Waals surface area (Å²) in [4.78, 5) is 293. The lowest BCUT2D eigenvalue weighted by atomic mass is 9.99. The summed E-state index contributed by atoms with van der Waals surface area (Å²) in [5.74, 6) is -26.6. The summed E-state index contributed by atoms with van der Waals surface area (Å²) < 4.78 is 0. The number of carbonyl (C=O) groups is 22. The second-order valence-electron chi connectivity index (χ2n) is 29.3. The van der Waals surface area contributed by atoms with Gasteiger partial charge in [-0.2, -0.15) is 25.3 Å². The Bertz CT molecular complexity index is 3800. The van der Waals surface area contributed by atoms with Gasteiger partial charge in [0.15, 0.2) is 0 Å². The molecule has 0 aliphatic rings. The summed E-state index contributed by atoms with van der Waals surface area (Å²) in [6, 6.07) is -22.4. The second-order valence-corrected chi connectivity index (χ2v) is 30.0. The van der Waals surface area contributed by atoms with Gasteiger partial charge in [-0.05, 0) is 63.2 Å². The topological polar surface area (TPSA) is 774 Å². The number of amides is 19. The van der Waals surface area contributed by atoms with Crippen molar-refractivity contribution in [3.8, 4) is 0 Å². The van der Waals surface area contributed by atoms with Gasteiger partial charge in [0.05, 0.1) is 77.2 Å². The van der Waals surface area contributed by atoms with Crippen LogP contribution in [0.2, 0.25) is 0 Å². The molecule has 19 amide bonds. The largest absolute Gasteiger partial charge is 0.481 e. The maximum absolute atomic E-state index is 14.0. The summed E-state index contributed by atoms with van der Waals surface area (Å²) in [6.45, 7) is 9.44. The average molecular weight is 1760 g/mol. The lowest BCUT2D eigenvalue weighted by molar-refractivity contribution is -0.141. The van der Waals surface area contributed by atoms with E-state index in [1.807, 2.05) is 0 Å². The minimum atomic E-state index is -2.00. The first-order valence-corrected chi connectivity index (χ1v) is 39.2. The molecule has 0 aliphatic heterocycles. The highest BCUT2D eigenvalue weighted by atomic mass is 32.1. The number of carboxylic acids is 3. The van der Waals surface area contributed by atoms with Crippen LogP contribution < -0.4 is 107 Å². The molecule has 51 heteroatoms. The normalized spacial score (nSPS) is 14.5. The van der Waals surface area contributed by atoms with Gasteiger partial charge in [0.2, 0.25) is 112 Å². The van der Waals surface area contributed by atoms with E-state index < -0.39 is 286 Å². The first-order valence-electron chi connectivity index (χ1n) is 38.0. The Labute approximate surface area is 705 Å². The zero-order chi connectivity index (χ0) is 92.2. The zero-order valence-electron chi connectivity index (χ0n) is 68.3. The van der Waals surface area contributed by atoms with Gasteiger partial charge in [-0.15, -0.1) is 0 Å². The number of aromatic amines is 1. The van der Waals surface area contributed by atoms with Gasteiger partial charge in [0.1, 0.15) is 84.6 Å². The van der Waals surface area contributed by atoms with Crippen LogP contribution in [0.4, 0.5) is 0 Å². The van der Waals surface area contributed by atoms with Crippen LogP contribution in [-0.2, 0) is 112 Å². The number of H-pyrrole nitrogens is 1. The molecule has 0 radical (unpaired) electrons. The molecule has 0 unspecified atom stereocenters. The SMILES string of the molecule is CC(C)C[C@H](NC(=O)CNC(=O)CNC(=O)[C@H](Cc1c[nH]cn1)NC(=O)[C@H](CC(=O)O)NC(=O)CNC(=O)[C@H](CO)NC(=O)[C@H](CC(C)C)NC(=O)[C@H](CC(C)C)NC(=O)[C@H](C)NC(=O)[C@H](CC(=O)O)NC(=O)[C@H](CS)NC(=O)CN)C(=O)N[C@@H](CC(C)C)C(=O)N[C@@H](CO)C(=O)N[C@@H](C)C(=O)N[C@@H](CC(N)=O)C(=O)NCC(=O)N[C@@H](CS)C(=O)O. The van der Waals surface area contributed by atoms with E-state index in [0.717, 1.165) is 6.92 Å². The third kappa shape index (κ3) is 42.6. The van der Waals surface area contributed by atoms with Crippen molar-refractivity contribution in [2.45, 2.75) is 205 Å². The minimum Gasteiger partial charge on any atom is -0.481 e. The van der Waals surface area contributed by atoms with Crippen molar-refractivity contribution in [1.82, 2.24) is 106 Å². The number of carbonyl (C=O) groups excluding carboxylic acids is 19. The number of nitrogens with two attached hydrogens (primary N) is 2. The van der Waals surface area contributed by atoms with Crippen molar-refractivity contribution >= 4 is 155 Å². The minimum absolute atomic E-state index is 0.0592. The zero-order valence-corrected chi connectivity index (χ0v) is 70.1. The number of thiol groups is 2. The molecule has 0 saturated heterocycles. The standard InChI is InChI=1S/C70H114N22O27S2/c1-30(2)11-37(63(111)87-40(14-33(7)8)66(114)92-46(26-94)68(116)80-35(10)58(106)86-42(16-49(72)95)60(108)76-24-54(100)84-48(28-121)70(118)119)81-52(98)22-74-51(97)21-75-59(107)41(15-36-20-73-29-78-36)89-67(115)43(17-55(101)102)82-53(99)23-77-61(109)45(25-93)91-65(113)39(13-32(5)6)88-64(112)38(12-31(3)4)85-57(105)34(9)79-62(110)44(18-56(103)104)90-69(117)47(27-120)83-50(96)19-71/h20,29-35,37-48,93-94,120-121H,11-19,21-28,71H2,1-10H3,(H2,72,95)(H,73,78)(H,74,97)(H,75,107)(H,76,108)(H,77,109)(H,79,110)(H,80,116)(H,81,98)(H,82,99)(H,83,96)(H,84,100)(H,85,105)(H,86,106)(H,87,111)(H,88,112)(H,89,115)(H,90,117)(H,91,113)(H,92,114)(H,101,102)(H,103,104)(H,118,119)/t34-,35-,37-,38-,39-,40-,41-,42-,43-,44-,45-,46-,47-,48-/m0/s1. The fourth-order valence-electron chi connectivity index (χ4n) is 10.7. The van der Waals surface area contributed by atoms with Gasteiger partial charge >= 0.3 is 17.9 Å². The molecule has 28 N–H and O–H groups in total. The lowest BCUT2D eigenvalue weighted by Crippen LogP contribution is -2.60. The predicted molar refractivity (Wildman–Crippen MR) is 427 cm³/mol. The lowest BCUT2D eigenvalue weighted by Gasteiger charge is -2.27. The quantitative estimate of drug-likeness (QED) is 0.0269. The van der Waals surface area contributed by atoms with E-state index in [2.05, 4.69) is 131 Å². The molecule has 49 nitrogen and oxygen atoms in total. The molecule has 1 aromatic rings. The first-order chi connectivity index (χ1) is 56.6. The van der Waals surface area contributed by atoms with Crippen LogP contribution in [0.3, 0.4) is 0 Å². The van der Waals surface area contributed by atoms with Crippen LogP contribution in [0, 0.1) is 23.7 Å². The van der Waals surface area contributed by atoms with Crippen molar-refractivity contribution in [3.63, 3.8) is 0 Å². The number of imidazole rings is 1. The molecule has 14 atom stereocenters. The van der Waals surface area contributed by atoms with E-state index >= 15 is 0 Å². The highest BCUT2D eigenvalue weighted by molar-refractivity contribution is 7.80. The summed E-state index contributed by atoms with van der Waals surface area (Å²) in [7, 11) is 0. The third-order valence-electron chi connectivity index (χ3n) is 16.7. The smallest absolute Gasteiger partial charge is 0.327 e. The van der Waals surface area contributed by atoms with Gasteiger partial charge in [-0.1, -0.05) is 55.4 Å². The Morgan fingerprint density at radius 3 is 1.02 bits per heavy atom. The van der Waals surface area contributed by atoms with Crippen molar-refractivity contribution < 1.29 is 131 Å². The molecule has 1 rings (SSSR count). The van der Waals surface area contributed by atoms with Crippen LogP contribution in [0.15, 0.2) is 12.5 Å².